The second-order valence-corrected chi connectivity index (χ2v) is 7.10. The van der Waals surface area contributed by atoms with Gasteiger partial charge in [0, 0.05) is 0 Å². The summed E-state index contributed by atoms with van der Waals surface area (Å²) >= 11 is 0. The maximum absolute atomic E-state index is 12.7. The van der Waals surface area contributed by atoms with Crippen LogP contribution < -0.4 is 10.1 Å². The van der Waals surface area contributed by atoms with Gasteiger partial charge in [-0.05, 0) is 54.9 Å². The molecule has 0 heterocycles. The van der Waals surface area contributed by atoms with E-state index >= 15 is 0 Å². The topological polar surface area (TPSA) is 38.3 Å². The van der Waals surface area contributed by atoms with Gasteiger partial charge < -0.3 is 10.1 Å². The number of fused-ring (bicyclic) bond motifs is 1. The number of carbonyl (C=O) groups excluding carboxylic acids is 1. The minimum atomic E-state index is -0.519. The van der Waals surface area contributed by atoms with Crippen molar-refractivity contribution in [2.45, 2.75) is 58.1 Å². The molecule has 3 nitrogen and oxygen atoms in total. The van der Waals surface area contributed by atoms with E-state index in [1.165, 1.54) is 11.1 Å². The fourth-order valence-electron chi connectivity index (χ4n) is 3.50. The van der Waals surface area contributed by atoms with Gasteiger partial charge in [-0.3, -0.25) is 4.79 Å². The number of carbonyl (C=O) groups is 1. The number of benzene rings is 2. The first kappa shape index (κ1) is 17.5. The molecule has 0 spiro atoms. The van der Waals surface area contributed by atoms with Crippen molar-refractivity contribution in [2.75, 3.05) is 0 Å². The Labute approximate surface area is 150 Å². The molecule has 0 aromatic heterocycles. The van der Waals surface area contributed by atoms with Crippen molar-refractivity contribution in [3.8, 4) is 5.75 Å². The largest absolute Gasteiger partial charge is 0.481 e. The zero-order valence-corrected chi connectivity index (χ0v) is 15.3. The lowest BCUT2D eigenvalue weighted by Gasteiger charge is -2.28. The van der Waals surface area contributed by atoms with Gasteiger partial charge in [-0.25, -0.2) is 0 Å². The van der Waals surface area contributed by atoms with Crippen molar-refractivity contribution < 1.29 is 9.53 Å². The van der Waals surface area contributed by atoms with Crippen LogP contribution in [0.25, 0.3) is 0 Å². The maximum atomic E-state index is 12.7. The maximum Gasteiger partial charge on any atom is 0.261 e. The summed E-state index contributed by atoms with van der Waals surface area (Å²) in [6, 6.07) is 16.4. The number of nitrogens with one attached hydrogen (secondary N) is 1. The second-order valence-electron chi connectivity index (χ2n) is 7.10. The predicted molar refractivity (Wildman–Crippen MR) is 101 cm³/mol. The molecular formula is C22H27NO2. The zero-order chi connectivity index (χ0) is 17.8. The molecule has 25 heavy (non-hydrogen) atoms. The molecule has 0 fully saturated rings. The van der Waals surface area contributed by atoms with Crippen LogP contribution in [0.15, 0.2) is 48.5 Å². The highest BCUT2D eigenvalue weighted by Gasteiger charge is 2.24. The monoisotopic (exact) mass is 337 g/mol. The smallest absolute Gasteiger partial charge is 0.261 e. The third-order valence-corrected chi connectivity index (χ3v) is 4.90. The molecule has 2 atom stereocenters. The van der Waals surface area contributed by atoms with Gasteiger partial charge in [0.2, 0.25) is 0 Å². The van der Waals surface area contributed by atoms with Gasteiger partial charge in [0.15, 0.2) is 6.10 Å². The predicted octanol–water partition coefficient (Wildman–Crippen LogP) is 4.77. The molecular weight excluding hydrogens is 310 g/mol. The fraction of sp³-hybridized carbons (Fsp3) is 0.409. The van der Waals surface area contributed by atoms with Crippen LogP contribution in [0.2, 0.25) is 0 Å². The van der Waals surface area contributed by atoms with E-state index in [-0.39, 0.29) is 11.9 Å². The lowest BCUT2D eigenvalue weighted by molar-refractivity contribution is -0.128. The summed E-state index contributed by atoms with van der Waals surface area (Å²) in [5.41, 5.74) is 3.72. The van der Waals surface area contributed by atoms with Crippen LogP contribution in [0.4, 0.5) is 0 Å². The Hall–Kier alpha value is -2.29. The summed E-state index contributed by atoms with van der Waals surface area (Å²) in [7, 11) is 0. The Morgan fingerprint density at radius 2 is 1.80 bits per heavy atom. The number of hydrogen-bond acceptors (Lipinski definition) is 2. The Kier molecular flexibility index (Phi) is 5.42. The van der Waals surface area contributed by atoms with E-state index in [0.717, 1.165) is 30.6 Å². The lowest BCUT2D eigenvalue weighted by atomic mass is 9.87. The Morgan fingerprint density at radius 3 is 2.60 bits per heavy atom. The standard InChI is InChI=1S/C22H27NO2/c1-15(2)18-11-6-7-14-21(18)25-16(3)22(24)23-20-13-8-10-17-9-4-5-12-19(17)20/h4-7,9,11-12,14-16,20H,8,10,13H2,1-3H3,(H,23,24)/t16-,20+/m0/s1. The zero-order valence-electron chi connectivity index (χ0n) is 15.3. The highest BCUT2D eigenvalue weighted by molar-refractivity contribution is 5.81. The van der Waals surface area contributed by atoms with Crippen molar-refractivity contribution in [1.29, 1.82) is 0 Å². The average molecular weight is 337 g/mol. The Bertz CT molecular complexity index is 738. The van der Waals surface area contributed by atoms with Gasteiger partial charge in [0.05, 0.1) is 6.04 Å². The van der Waals surface area contributed by atoms with Gasteiger partial charge in [-0.2, -0.15) is 0 Å². The van der Waals surface area contributed by atoms with Crippen molar-refractivity contribution in [3.63, 3.8) is 0 Å². The van der Waals surface area contributed by atoms with Crippen molar-refractivity contribution >= 4 is 5.91 Å². The van der Waals surface area contributed by atoms with Crippen molar-refractivity contribution in [2.24, 2.45) is 0 Å². The van der Waals surface area contributed by atoms with Gasteiger partial charge in [0.1, 0.15) is 5.75 Å². The van der Waals surface area contributed by atoms with E-state index < -0.39 is 6.10 Å². The molecule has 2 aromatic rings. The Balaban J connectivity index is 1.68. The average Bonchev–Trinajstić information content (AvgIpc) is 2.62. The molecule has 0 radical (unpaired) electrons. The van der Waals surface area contributed by atoms with Crippen LogP contribution >= 0.6 is 0 Å². The van der Waals surface area contributed by atoms with Crippen LogP contribution in [0.5, 0.6) is 5.75 Å². The van der Waals surface area contributed by atoms with E-state index in [9.17, 15) is 4.79 Å². The normalized spacial score (nSPS) is 17.7. The van der Waals surface area contributed by atoms with Crippen LogP contribution in [0.3, 0.4) is 0 Å². The lowest BCUT2D eigenvalue weighted by Crippen LogP contribution is -2.39. The summed E-state index contributed by atoms with van der Waals surface area (Å²) in [6.45, 7) is 6.08. The summed E-state index contributed by atoms with van der Waals surface area (Å²) in [5, 5.41) is 3.18. The number of ether oxygens (including phenoxy) is 1. The van der Waals surface area contributed by atoms with Crippen LogP contribution in [0, 0.1) is 0 Å². The summed E-state index contributed by atoms with van der Waals surface area (Å²) < 4.78 is 5.99. The Morgan fingerprint density at radius 1 is 1.08 bits per heavy atom. The quantitative estimate of drug-likeness (QED) is 0.853. The van der Waals surface area contributed by atoms with Gasteiger partial charge >= 0.3 is 0 Å². The number of para-hydroxylation sites is 1. The van der Waals surface area contributed by atoms with Crippen molar-refractivity contribution in [1.82, 2.24) is 5.32 Å². The number of amides is 1. The van der Waals surface area contributed by atoms with E-state index in [0.29, 0.717) is 5.92 Å². The van der Waals surface area contributed by atoms with E-state index in [4.69, 9.17) is 4.74 Å². The van der Waals surface area contributed by atoms with E-state index in [1.807, 2.05) is 31.2 Å². The molecule has 1 aliphatic carbocycles. The molecule has 1 aliphatic rings. The molecule has 1 N–H and O–H groups in total. The SMILES string of the molecule is CC(C)c1ccccc1O[C@@H](C)C(=O)N[C@@H]1CCCc2ccccc21. The van der Waals surface area contributed by atoms with Crippen LogP contribution in [0.1, 0.15) is 62.3 Å². The molecule has 3 rings (SSSR count). The van der Waals surface area contributed by atoms with Gasteiger partial charge in [-0.1, -0.05) is 56.3 Å². The molecule has 0 saturated carbocycles. The minimum absolute atomic E-state index is 0.0553. The highest BCUT2D eigenvalue weighted by atomic mass is 16.5. The van der Waals surface area contributed by atoms with E-state index in [2.05, 4.69) is 43.4 Å². The third kappa shape index (κ3) is 4.04. The number of rotatable bonds is 5. The molecule has 0 aliphatic heterocycles. The summed E-state index contributed by atoms with van der Waals surface area (Å²) in [5.74, 6) is 1.10. The van der Waals surface area contributed by atoms with Crippen molar-refractivity contribution in [3.05, 3.63) is 65.2 Å². The summed E-state index contributed by atoms with van der Waals surface area (Å²) in [4.78, 5) is 12.7. The van der Waals surface area contributed by atoms with Gasteiger partial charge in [0.25, 0.3) is 5.91 Å². The number of hydrogen-bond donors (Lipinski definition) is 1. The molecule has 0 unspecified atom stereocenters. The molecule has 3 heteroatoms. The minimum Gasteiger partial charge on any atom is -0.481 e. The molecule has 0 saturated heterocycles. The third-order valence-electron chi connectivity index (χ3n) is 4.90. The summed E-state index contributed by atoms with van der Waals surface area (Å²) in [6.07, 6.45) is 2.66. The van der Waals surface area contributed by atoms with Crippen LogP contribution in [-0.4, -0.2) is 12.0 Å². The van der Waals surface area contributed by atoms with Crippen LogP contribution in [-0.2, 0) is 11.2 Å². The molecule has 1 amide bonds. The molecule has 0 bridgehead atoms. The first-order valence-electron chi connectivity index (χ1n) is 9.20. The van der Waals surface area contributed by atoms with Gasteiger partial charge in [-0.15, -0.1) is 0 Å². The highest BCUT2D eigenvalue weighted by Crippen LogP contribution is 2.30. The molecule has 2 aromatic carbocycles. The second kappa shape index (κ2) is 7.73. The first-order valence-corrected chi connectivity index (χ1v) is 9.20. The number of aryl methyl sites for hydroxylation is 1. The first-order chi connectivity index (χ1) is 12.1. The molecule has 132 valence electrons. The van der Waals surface area contributed by atoms with E-state index in [1.54, 1.807) is 0 Å². The fourth-order valence-corrected chi connectivity index (χ4v) is 3.50.